The summed E-state index contributed by atoms with van der Waals surface area (Å²) < 4.78 is 38.7. The first-order valence-electron chi connectivity index (χ1n) is 7.02. The van der Waals surface area contributed by atoms with Gasteiger partial charge < -0.3 is 0 Å². The Morgan fingerprint density at radius 2 is 1.77 bits per heavy atom. The molecule has 6 heteroatoms. The number of halogens is 3. The fourth-order valence-corrected chi connectivity index (χ4v) is 3.42. The van der Waals surface area contributed by atoms with Gasteiger partial charge in [0, 0.05) is 16.3 Å². The second-order valence-corrected chi connectivity index (χ2v) is 6.08. The lowest BCUT2D eigenvalue weighted by molar-refractivity contribution is -0.137. The van der Waals surface area contributed by atoms with Gasteiger partial charge in [0.2, 0.25) is 0 Å². The molecule has 0 radical (unpaired) electrons. The van der Waals surface area contributed by atoms with Crippen LogP contribution in [0.2, 0.25) is 0 Å². The number of nitrogens with one attached hydrogen (secondary N) is 1. The highest BCUT2D eigenvalue weighted by molar-refractivity contribution is 7.99. The Morgan fingerprint density at radius 3 is 2.50 bits per heavy atom. The number of fused-ring (bicyclic) bond motifs is 2. The van der Waals surface area contributed by atoms with Gasteiger partial charge in [-0.1, -0.05) is 30.8 Å². The Labute approximate surface area is 131 Å². The van der Waals surface area contributed by atoms with E-state index in [1.165, 1.54) is 23.9 Å². The molecular formula is C16H15F3N2S. The number of para-hydroxylation sites is 1. The van der Waals surface area contributed by atoms with Gasteiger partial charge in [-0.15, -0.1) is 0 Å². The Kier molecular flexibility index (Phi) is 4.06. The summed E-state index contributed by atoms with van der Waals surface area (Å²) in [6, 6.07) is 11.6. The fraction of sp³-hybridized carbons (Fsp3) is 0.250. The third-order valence-corrected chi connectivity index (χ3v) is 4.49. The van der Waals surface area contributed by atoms with E-state index >= 15 is 0 Å². The normalized spacial score (nSPS) is 13.7. The van der Waals surface area contributed by atoms with Crippen LogP contribution in [0, 0.1) is 0 Å². The predicted octanol–water partition coefficient (Wildman–Crippen LogP) is 5.22. The standard InChI is InChI=1S/C16H15F3N2S/c1-2-9-20-21-12-5-3-4-6-14(12)22-15-10-11(16(17,18)19)7-8-13(15)21/h3-8,10,20H,2,9H2,1H3. The number of alkyl halides is 3. The van der Waals surface area contributed by atoms with Gasteiger partial charge in [-0.05, 0) is 36.8 Å². The van der Waals surface area contributed by atoms with Crippen molar-refractivity contribution in [2.75, 3.05) is 11.6 Å². The molecule has 0 saturated carbocycles. The van der Waals surface area contributed by atoms with Gasteiger partial charge in [0.25, 0.3) is 0 Å². The minimum absolute atomic E-state index is 0.608. The van der Waals surface area contributed by atoms with Gasteiger partial charge in [0.1, 0.15) is 0 Å². The minimum atomic E-state index is -4.33. The highest BCUT2D eigenvalue weighted by atomic mass is 32.2. The number of nitrogens with zero attached hydrogens (tertiary/aromatic N) is 1. The number of hydrogen-bond acceptors (Lipinski definition) is 3. The van der Waals surface area contributed by atoms with Crippen LogP contribution in [0.1, 0.15) is 18.9 Å². The molecule has 0 fully saturated rings. The zero-order chi connectivity index (χ0) is 15.7. The Hall–Kier alpha value is -1.66. The molecule has 0 spiro atoms. The van der Waals surface area contributed by atoms with Gasteiger partial charge in [0.05, 0.1) is 16.9 Å². The highest BCUT2D eigenvalue weighted by Crippen LogP contribution is 2.48. The lowest BCUT2D eigenvalue weighted by atomic mass is 10.1. The highest BCUT2D eigenvalue weighted by Gasteiger charge is 2.33. The van der Waals surface area contributed by atoms with Crippen LogP contribution in [-0.2, 0) is 6.18 Å². The van der Waals surface area contributed by atoms with E-state index in [0.29, 0.717) is 4.90 Å². The fourth-order valence-electron chi connectivity index (χ4n) is 2.33. The topological polar surface area (TPSA) is 15.3 Å². The molecule has 3 rings (SSSR count). The minimum Gasteiger partial charge on any atom is -0.275 e. The molecule has 0 bridgehead atoms. The van der Waals surface area contributed by atoms with Gasteiger partial charge >= 0.3 is 6.18 Å². The summed E-state index contributed by atoms with van der Waals surface area (Å²) in [5, 5.41) is 1.88. The maximum absolute atomic E-state index is 12.9. The quantitative estimate of drug-likeness (QED) is 0.833. The number of hydrogen-bond donors (Lipinski definition) is 1. The number of benzene rings is 2. The molecule has 0 aromatic heterocycles. The maximum atomic E-state index is 12.9. The van der Waals surface area contributed by atoms with Crippen molar-refractivity contribution in [3.8, 4) is 0 Å². The zero-order valence-corrected chi connectivity index (χ0v) is 12.8. The molecule has 0 unspecified atom stereocenters. The summed E-state index contributed by atoms with van der Waals surface area (Å²) in [4.78, 5) is 1.55. The molecule has 1 aliphatic rings. The van der Waals surface area contributed by atoms with Gasteiger partial charge in [-0.25, -0.2) is 5.43 Å². The summed E-state index contributed by atoms with van der Waals surface area (Å²) in [6.45, 7) is 2.80. The molecule has 1 heterocycles. The van der Waals surface area contributed by atoms with E-state index in [-0.39, 0.29) is 0 Å². The van der Waals surface area contributed by atoms with E-state index < -0.39 is 11.7 Å². The van der Waals surface area contributed by atoms with E-state index in [4.69, 9.17) is 0 Å². The van der Waals surface area contributed by atoms with Crippen molar-refractivity contribution in [1.82, 2.24) is 5.43 Å². The summed E-state index contributed by atoms with van der Waals surface area (Å²) in [7, 11) is 0. The number of hydrazine groups is 1. The molecule has 22 heavy (non-hydrogen) atoms. The van der Waals surface area contributed by atoms with Crippen LogP contribution in [0.3, 0.4) is 0 Å². The molecular weight excluding hydrogens is 309 g/mol. The maximum Gasteiger partial charge on any atom is 0.416 e. The van der Waals surface area contributed by atoms with Crippen molar-refractivity contribution in [3.63, 3.8) is 0 Å². The average Bonchev–Trinajstić information content (AvgIpc) is 2.50. The van der Waals surface area contributed by atoms with Gasteiger partial charge in [-0.3, -0.25) is 5.01 Å². The molecule has 2 aromatic carbocycles. The van der Waals surface area contributed by atoms with Crippen LogP contribution in [-0.4, -0.2) is 6.54 Å². The molecule has 0 amide bonds. The largest absolute Gasteiger partial charge is 0.416 e. The molecule has 116 valence electrons. The molecule has 2 nitrogen and oxygen atoms in total. The lowest BCUT2D eigenvalue weighted by Crippen LogP contribution is -2.36. The van der Waals surface area contributed by atoms with E-state index in [0.717, 1.165) is 35.3 Å². The van der Waals surface area contributed by atoms with E-state index in [2.05, 4.69) is 5.43 Å². The van der Waals surface area contributed by atoms with E-state index in [1.807, 2.05) is 36.2 Å². The monoisotopic (exact) mass is 324 g/mol. The van der Waals surface area contributed by atoms with Crippen LogP contribution in [0.4, 0.5) is 24.5 Å². The SMILES string of the molecule is CCCNN1c2ccccc2Sc2cc(C(F)(F)F)ccc21. The van der Waals surface area contributed by atoms with Crippen LogP contribution in [0.5, 0.6) is 0 Å². The van der Waals surface area contributed by atoms with Crippen molar-refractivity contribution >= 4 is 23.1 Å². The predicted molar refractivity (Wildman–Crippen MR) is 82.4 cm³/mol. The zero-order valence-electron chi connectivity index (χ0n) is 11.9. The van der Waals surface area contributed by atoms with E-state index in [9.17, 15) is 13.2 Å². The first-order valence-corrected chi connectivity index (χ1v) is 7.84. The Bertz CT molecular complexity index is 685. The smallest absolute Gasteiger partial charge is 0.275 e. The molecule has 0 atom stereocenters. The summed E-state index contributed by atoms with van der Waals surface area (Å²) in [5.74, 6) is 0. The first-order chi connectivity index (χ1) is 10.5. The molecule has 1 aliphatic heterocycles. The molecule has 0 aliphatic carbocycles. The first kappa shape index (κ1) is 15.2. The van der Waals surface area contributed by atoms with Crippen molar-refractivity contribution in [2.45, 2.75) is 29.3 Å². The van der Waals surface area contributed by atoms with Crippen LogP contribution in [0.25, 0.3) is 0 Å². The Morgan fingerprint density at radius 1 is 1.05 bits per heavy atom. The molecule has 1 N–H and O–H groups in total. The summed E-state index contributed by atoms with van der Waals surface area (Å²) >= 11 is 1.37. The number of anilines is 2. The van der Waals surface area contributed by atoms with Crippen LogP contribution < -0.4 is 10.4 Å². The average molecular weight is 324 g/mol. The molecule has 2 aromatic rings. The number of rotatable bonds is 3. The lowest BCUT2D eigenvalue weighted by Gasteiger charge is -2.33. The van der Waals surface area contributed by atoms with Gasteiger partial charge in [0.15, 0.2) is 0 Å². The van der Waals surface area contributed by atoms with Crippen molar-refractivity contribution in [1.29, 1.82) is 0 Å². The molecule has 0 saturated heterocycles. The third-order valence-electron chi connectivity index (χ3n) is 3.37. The van der Waals surface area contributed by atoms with Gasteiger partial charge in [-0.2, -0.15) is 13.2 Å². The van der Waals surface area contributed by atoms with Crippen molar-refractivity contribution < 1.29 is 13.2 Å². The van der Waals surface area contributed by atoms with Crippen molar-refractivity contribution in [2.24, 2.45) is 0 Å². The summed E-state index contributed by atoms with van der Waals surface area (Å²) in [5.41, 5.74) is 4.38. The Balaban J connectivity index is 2.06. The van der Waals surface area contributed by atoms with Crippen LogP contribution >= 0.6 is 11.8 Å². The third kappa shape index (κ3) is 2.80. The van der Waals surface area contributed by atoms with E-state index in [1.54, 1.807) is 0 Å². The second-order valence-electron chi connectivity index (χ2n) is 4.99. The van der Waals surface area contributed by atoms with Crippen molar-refractivity contribution in [3.05, 3.63) is 48.0 Å². The summed E-state index contributed by atoms with van der Waals surface area (Å²) in [6.07, 6.45) is -3.39. The van der Waals surface area contributed by atoms with Crippen LogP contribution in [0.15, 0.2) is 52.3 Å². The second kappa shape index (κ2) is 5.85.